The van der Waals surface area contributed by atoms with E-state index >= 15 is 0 Å². The van der Waals surface area contributed by atoms with Crippen molar-refractivity contribution in [1.82, 2.24) is 0 Å². The quantitative estimate of drug-likeness (QED) is 0.893. The summed E-state index contributed by atoms with van der Waals surface area (Å²) in [4.78, 5) is 0. The van der Waals surface area contributed by atoms with Crippen molar-refractivity contribution in [3.05, 3.63) is 58.8 Å². The zero-order valence-electron chi connectivity index (χ0n) is 8.49. The van der Waals surface area contributed by atoms with E-state index in [0.29, 0.717) is 17.0 Å². The monoisotopic (exact) mass is 239 g/mol. The Bertz CT molecular complexity index is 470. The smallest absolute Gasteiger partial charge is 0.126 e. The number of halogens is 2. The third-order valence-electron chi connectivity index (χ3n) is 2.42. The van der Waals surface area contributed by atoms with E-state index in [9.17, 15) is 4.39 Å². The minimum atomic E-state index is -0.289. The molecule has 1 unspecified atom stereocenters. The SMILES string of the molecule is NC(Cc1cc(Cl)ccc1F)c1ccoc1. The van der Waals surface area contributed by atoms with E-state index in [2.05, 4.69) is 0 Å². The Balaban J connectivity index is 2.17. The van der Waals surface area contributed by atoms with Crippen molar-refractivity contribution in [2.75, 3.05) is 0 Å². The molecular formula is C12H11ClFNO. The number of furan rings is 1. The Hall–Kier alpha value is -1.32. The maximum absolute atomic E-state index is 13.4. The fourth-order valence-electron chi connectivity index (χ4n) is 1.54. The van der Waals surface area contributed by atoms with Gasteiger partial charge in [0.05, 0.1) is 12.5 Å². The minimum absolute atomic E-state index is 0.285. The van der Waals surface area contributed by atoms with Crippen LogP contribution in [0, 0.1) is 5.82 Å². The topological polar surface area (TPSA) is 39.2 Å². The van der Waals surface area contributed by atoms with Crippen molar-refractivity contribution in [3.63, 3.8) is 0 Å². The van der Waals surface area contributed by atoms with Crippen molar-refractivity contribution in [3.8, 4) is 0 Å². The van der Waals surface area contributed by atoms with Crippen LogP contribution in [-0.2, 0) is 6.42 Å². The van der Waals surface area contributed by atoms with Crippen LogP contribution in [0.25, 0.3) is 0 Å². The zero-order valence-corrected chi connectivity index (χ0v) is 9.25. The molecule has 2 nitrogen and oxygen atoms in total. The molecule has 0 aliphatic heterocycles. The van der Waals surface area contributed by atoms with E-state index in [1.54, 1.807) is 24.7 Å². The van der Waals surface area contributed by atoms with Crippen LogP contribution in [0.15, 0.2) is 41.2 Å². The summed E-state index contributed by atoms with van der Waals surface area (Å²) >= 11 is 5.80. The molecule has 0 bridgehead atoms. The molecule has 16 heavy (non-hydrogen) atoms. The van der Waals surface area contributed by atoms with Crippen LogP contribution >= 0.6 is 11.6 Å². The van der Waals surface area contributed by atoms with Gasteiger partial charge in [-0.2, -0.15) is 0 Å². The largest absolute Gasteiger partial charge is 0.472 e. The number of hydrogen-bond acceptors (Lipinski definition) is 2. The second-order valence-electron chi connectivity index (χ2n) is 3.60. The lowest BCUT2D eigenvalue weighted by molar-refractivity contribution is 0.555. The van der Waals surface area contributed by atoms with E-state index in [1.165, 1.54) is 12.1 Å². The van der Waals surface area contributed by atoms with Gasteiger partial charge in [-0.05, 0) is 36.2 Å². The summed E-state index contributed by atoms with van der Waals surface area (Å²) in [6, 6.07) is 5.94. The number of rotatable bonds is 3. The molecule has 84 valence electrons. The average molecular weight is 240 g/mol. The fourth-order valence-corrected chi connectivity index (χ4v) is 1.74. The van der Waals surface area contributed by atoms with E-state index in [4.69, 9.17) is 21.8 Å². The van der Waals surface area contributed by atoms with Crippen molar-refractivity contribution >= 4 is 11.6 Å². The van der Waals surface area contributed by atoms with Gasteiger partial charge in [0.2, 0.25) is 0 Å². The van der Waals surface area contributed by atoms with Gasteiger partial charge in [0.1, 0.15) is 5.82 Å². The van der Waals surface area contributed by atoms with Crippen LogP contribution in [-0.4, -0.2) is 0 Å². The molecule has 0 radical (unpaired) electrons. The predicted molar refractivity (Wildman–Crippen MR) is 60.8 cm³/mol. The molecule has 0 aliphatic carbocycles. The Labute approximate surface area is 97.8 Å². The van der Waals surface area contributed by atoms with E-state index < -0.39 is 0 Å². The summed E-state index contributed by atoms with van der Waals surface area (Å²) in [6.45, 7) is 0. The normalized spacial score (nSPS) is 12.7. The van der Waals surface area contributed by atoms with Gasteiger partial charge in [-0.3, -0.25) is 0 Å². The first-order valence-corrected chi connectivity index (χ1v) is 5.26. The lowest BCUT2D eigenvalue weighted by Crippen LogP contribution is -2.13. The van der Waals surface area contributed by atoms with Crippen LogP contribution < -0.4 is 5.73 Å². The molecule has 2 N–H and O–H groups in total. The molecule has 1 atom stereocenters. The van der Waals surface area contributed by atoms with E-state index in [0.717, 1.165) is 5.56 Å². The third-order valence-corrected chi connectivity index (χ3v) is 2.65. The highest BCUT2D eigenvalue weighted by molar-refractivity contribution is 6.30. The van der Waals surface area contributed by atoms with Crippen molar-refractivity contribution in [2.24, 2.45) is 5.73 Å². The van der Waals surface area contributed by atoms with Gasteiger partial charge in [-0.1, -0.05) is 11.6 Å². The first kappa shape index (κ1) is 11.2. The summed E-state index contributed by atoms with van der Waals surface area (Å²) in [7, 11) is 0. The minimum Gasteiger partial charge on any atom is -0.472 e. The van der Waals surface area contributed by atoms with E-state index in [1.807, 2.05) is 0 Å². The highest BCUT2D eigenvalue weighted by atomic mass is 35.5. The molecule has 0 spiro atoms. The van der Waals surface area contributed by atoms with Gasteiger partial charge >= 0.3 is 0 Å². The van der Waals surface area contributed by atoms with Crippen LogP contribution in [0.3, 0.4) is 0 Å². The lowest BCUT2D eigenvalue weighted by atomic mass is 10.0. The van der Waals surface area contributed by atoms with Gasteiger partial charge in [0.15, 0.2) is 0 Å². The molecule has 1 heterocycles. The third kappa shape index (κ3) is 2.43. The standard InChI is InChI=1S/C12H11ClFNO/c13-10-1-2-11(14)9(5-10)6-12(15)8-3-4-16-7-8/h1-5,7,12H,6,15H2. The van der Waals surface area contributed by atoms with Gasteiger partial charge in [-0.25, -0.2) is 4.39 Å². The van der Waals surface area contributed by atoms with Crippen molar-refractivity contribution in [2.45, 2.75) is 12.5 Å². The fraction of sp³-hybridized carbons (Fsp3) is 0.167. The second-order valence-corrected chi connectivity index (χ2v) is 4.04. The summed E-state index contributed by atoms with van der Waals surface area (Å²) in [6.07, 6.45) is 3.50. The molecular weight excluding hydrogens is 229 g/mol. The van der Waals surface area contributed by atoms with Gasteiger partial charge in [0, 0.05) is 16.6 Å². The molecule has 1 aromatic carbocycles. The lowest BCUT2D eigenvalue weighted by Gasteiger charge is -2.10. The average Bonchev–Trinajstić information content (AvgIpc) is 2.76. The molecule has 0 fully saturated rings. The van der Waals surface area contributed by atoms with Gasteiger partial charge in [0.25, 0.3) is 0 Å². The second kappa shape index (κ2) is 4.68. The molecule has 2 rings (SSSR count). The molecule has 1 aromatic heterocycles. The Morgan fingerprint density at radius 3 is 2.88 bits per heavy atom. The van der Waals surface area contributed by atoms with E-state index in [-0.39, 0.29) is 11.9 Å². The number of benzene rings is 1. The molecule has 4 heteroatoms. The predicted octanol–water partition coefficient (Wildman–Crippen LogP) is 3.31. The Morgan fingerprint density at radius 2 is 2.19 bits per heavy atom. The molecule has 0 aliphatic rings. The van der Waals surface area contributed by atoms with Gasteiger partial charge < -0.3 is 10.2 Å². The van der Waals surface area contributed by atoms with Crippen LogP contribution in [0.1, 0.15) is 17.2 Å². The molecule has 0 saturated heterocycles. The Kier molecular flexibility index (Phi) is 3.27. The summed E-state index contributed by atoms with van der Waals surface area (Å²) in [5.41, 5.74) is 7.28. The van der Waals surface area contributed by atoms with Crippen molar-refractivity contribution < 1.29 is 8.81 Å². The highest BCUT2D eigenvalue weighted by Gasteiger charge is 2.11. The summed E-state index contributed by atoms with van der Waals surface area (Å²) in [5, 5.41) is 0.510. The number of nitrogens with two attached hydrogens (primary N) is 1. The van der Waals surface area contributed by atoms with Crippen LogP contribution in [0.2, 0.25) is 5.02 Å². The Morgan fingerprint density at radius 1 is 1.38 bits per heavy atom. The first-order valence-electron chi connectivity index (χ1n) is 4.88. The highest BCUT2D eigenvalue weighted by Crippen LogP contribution is 2.21. The first-order chi connectivity index (χ1) is 7.66. The number of hydrogen-bond donors (Lipinski definition) is 1. The maximum Gasteiger partial charge on any atom is 0.126 e. The zero-order chi connectivity index (χ0) is 11.5. The van der Waals surface area contributed by atoms with Crippen molar-refractivity contribution in [1.29, 1.82) is 0 Å². The summed E-state index contributed by atoms with van der Waals surface area (Å²) < 4.78 is 18.4. The summed E-state index contributed by atoms with van der Waals surface area (Å²) in [5.74, 6) is -0.289. The van der Waals surface area contributed by atoms with Crippen LogP contribution in [0.4, 0.5) is 4.39 Å². The van der Waals surface area contributed by atoms with Crippen LogP contribution in [0.5, 0.6) is 0 Å². The molecule has 2 aromatic rings. The maximum atomic E-state index is 13.4. The molecule has 0 amide bonds. The van der Waals surface area contributed by atoms with Gasteiger partial charge in [-0.15, -0.1) is 0 Å². The molecule has 0 saturated carbocycles.